The average Bonchev–Trinajstić information content (AvgIpc) is 2.38. The molecule has 0 saturated heterocycles. The van der Waals surface area contributed by atoms with Crippen molar-refractivity contribution in [2.45, 2.75) is 33.3 Å². The Balaban J connectivity index is 1.92. The molecular formula is C16H20F3NO. The maximum absolute atomic E-state index is 13.6. The van der Waals surface area contributed by atoms with Crippen LogP contribution in [0.25, 0.3) is 0 Å². The Kier molecular flexibility index (Phi) is 5.15. The maximum atomic E-state index is 13.6. The molecule has 116 valence electrons. The number of hydrogen-bond donors (Lipinski definition) is 1. The third kappa shape index (κ3) is 4.69. The highest BCUT2D eigenvalue weighted by molar-refractivity contribution is 5.47. The molecule has 0 heterocycles. The summed E-state index contributed by atoms with van der Waals surface area (Å²) in [4.78, 5) is 0. The lowest BCUT2D eigenvalue weighted by Crippen LogP contribution is -2.20. The quantitative estimate of drug-likeness (QED) is 0.786. The normalized spacial score (nSPS) is 22.1. The molecule has 1 aromatic rings. The topological polar surface area (TPSA) is 21.3 Å². The number of halogens is 3. The van der Waals surface area contributed by atoms with Crippen LogP contribution in [0.2, 0.25) is 0 Å². The molecule has 1 aliphatic carbocycles. The minimum Gasteiger partial charge on any atom is -0.432 e. The van der Waals surface area contributed by atoms with Crippen LogP contribution in [0.3, 0.4) is 0 Å². The summed E-state index contributed by atoms with van der Waals surface area (Å²) in [5, 5.41) is 3.17. The highest BCUT2D eigenvalue weighted by atomic mass is 19.3. The Bertz CT molecular complexity index is 516. The van der Waals surface area contributed by atoms with E-state index in [0.29, 0.717) is 17.5 Å². The van der Waals surface area contributed by atoms with Gasteiger partial charge in [0.05, 0.1) is 0 Å². The average molecular weight is 299 g/mol. The molecule has 0 saturated carbocycles. The molecule has 2 nitrogen and oxygen atoms in total. The van der Waals surface area contributed by atoms with E-state index in [1.807, 2.05) is 0 Å². The fourth-order valence-corrected chi connectivity index (χ4v) is 2.91. The number of hydrogen-bond acceptors (Lipinski definition) is 2. The summed E-state index contributed by atoms with van der Waals surface area (Å²) < 4.78 is 41.8. The van der Waals surface area contributed by atoms with Gasteiger partial charge in [0.25, 0.3) is 0 Å². The molecule has 5 heteroatoms. The van der Waals surface area contributed by atoms with Gasteiger partial charge in [-0.15, -0.1) is 0 Å². The molecule has 2 atom stereocenters. The van der Waals surface area contributed by atoms with E-state index >= 15 is 0 Å². The van der Waals surface area contributed by atoms with E-state index < -0.39 is 18.2 Å². The number of ether oxygens (including phenoxy) is 1. The number of anilines is 1. The molecule has 2 rings (SSSR count). The number of benzene rings is 1. The van der Waals surface area contributed by atoms with E-state index in [1.165, 1.54) is 17.7 Å². The molecular weight excluding hydrogens is 279 g/mol. The predicted octanol–water partition coefficient (Wildman–Crippen LogP) is 4.83. The molecule has 0 fully saturated rings. The fraction of sp³-hybridized carbons (Fsp3) is 0.500. The molecule has 21 heavy (non-hydrogen) atoms. The van der Waals surface area contributed by atoms with Gasteiger partial charge in [0.15, 0.2) is 11.6 Å². The number of alkyl halides is 2. The number of nitrogens with one attached hydrogen (secondary N) is 1. The molecule has 0 radical (unpaired) electrons. The summed E-state index contributed by atoms with van der Waals surface area (Å²) in [6, 6.07) is 3.96. The minimum atomic E-state index is -3.02. The van der Waals surface area contributed by atoms with Crippen LogP contribution in [0.4, 0.5) is 18.9 Å². The highest BCUT2D eigenvalue weighted by Crippen LogP contribution is 2.29. The Morgan fingerprint density at radius 3 is 2.76 bits per heavy atom. The largest absolute Gasteiger partial charge is 0.432 e. The molecule has 1 aromatic carbocycles. The second-order valence-electron chi connectivity index (χ2n) is 5.70. The van der Waals surface area contributed by atoms with Crippen LogP contribution >= 0.6 is 0 Å². The van der Waals surface area contributed by atoms with Crippen molar-refractivity contribution in [2.24, 2.45) is 11.8 Å². The first kappa shape index (κ1) is 15.7. The van der Waals surface area contributed by atoms with Crippen molar-refractivity contribution in [3.63, 3.8) is 0 Å². The summed E-state index contributed by atoms with van der Waals surface area (Å²) in [6.07, 6.45) is 4.42. The first-order valence-electron chi connectivity index (χ1n) is 7.09. The van der Waals surface area contributed by atoms with Crippen LogP contribution in [0.1, 0.15) is 26.7 Å². The Labute approximate surface area is 123 Å². The summed E-state index contributed by atoms with van der Waals surface area (Å²) in [5.74, 6) is -0.150. The fourth-order valence-electron chi connectivity index (χ4n) is 2.91. The van der Waals surface area contributed by atoms with Gasteiger partial charge in [-0.05, 0) is 43.7 Å². The molecule has 0 aromatic heterocycles. The lowest BCUT2D eigenvalue weighted by atomic mass is 9.84. The summed E-state index contributed by atoms with van der Waals surface area (Å²) in [6.45, 7) is 2.03. The van der Waals surface area contributed by atoms with Crippen molar-refractivity contribution >= 4 is 5.69 Å². The number of rotatable bonds is 5. The van der Waals surface area contributed by atoms with Crippen LogP contribution in [0, 0.1) is 17.7 Å². The van der Waals surface area contributed by atoms with Gasteiger partial charge in [-0.1, -0.05) is 18.6 Å². The van der Waals surface area contributed by atoms with E-state index in [-0.39, 0.29) is 0 Å². The van der Waals surface area contributed by atoms with Crippen LogP contribution in [-0.4, -0.2) is 13.2 Å². The molecule has 0 amide bonds. The Hall–Kier alpha value is -1.65. The van der Waals surface area contributed by atoms with Crippen molar-refractivity contribution < 1.29 is 17.9 Å². The second kappa shape index (κ2) is 6.87. The van der Waals surface area contributed by atoms with Gasteiger partial charge in [-0.25, -0.2) is 4.39 Å². The molecule has 1 N–H and O–H groups in total. The maximum Gasteiger partial charge on any atom is 0.387 e. The molecule has 0 spiro atoms. The first-order chi connectivity index (χ1) is 9.94. The monoisotopic (exact) mass is 299 g/mol. The second-order valence-corrected chi connectivity index (χ2v) is 5.70. The Morgan fingerprint density at radius 2 is 2.14 bits per heavy atom. The summed E-state index contributed by atoms with van der Waals surface area (Å²) >= 11 is 0. The molecule has 1 aliphatic rings. The summed E-state index contributed by atoms with van der Waals surface area (Å²) in [7, 11) is 0. The van der Waals surface area contributed by atoms with E-state index in [2.05, 4.69) is 30.0 Å². The van der Waals surface area contributed by atoms with Crippen molar-refractivity contribution in [3.8, 4) is 5.75 Å². The molecule has 0 bridgehead atoms. The zero-order valence-electron chi connectivity index (χ0n) is 12.2. The predicted molar refractivity (Wildman–Crippen MR) is 77.2 cm³/mol. The molecule has 0 aliphatic heterocycles. The van der Waals surface area contributed by atoms with Crippen molar-refractivity contribution in [1.29, 1.82) is 0 Å². The van der Waals surface area contributed by atoms with E-state index in [9.17, 15) is 13.2 Å². The van der Waals surface area contributed by atoms with Gasteiger partial charge in [0, 0.05) is 18.3 Å². The zero-order valence-corrected chi connectivity index (χ0v) is 12.2. The Morgan fingerprint density at radius 1 is 1.38 bits per heavy atom. The van der Waals surface area contributed by atoms with Gasteiger partial charge in [0.1, 0.15) is 0 Å². The van der Waals surface area contributed by atoms with Gasteiger partial charge in [0.2, 0.25) is 0 Å². The minimum absolute atomic E-state index is 0.430. The summed E-state index contributed by atoms with van der Waals surface area (Å²) in [5.41, 5.74) is 1.96. The third-order valence-electron chi connectivity index (χ3n) is 3.63. The van der Waals surface area contributed by atoms with Gasteiger partial charge < -0.3 is 10.1 Å². The third-order valence-corrected chi connectivity index (χ3v) is 3.63. The van der Waals surface area contributed by atoms with Crippen LogP contribution in [0.15, 0.2) is 29.8 Å². The van der Waals surface area contributed by atoms with Crippen LogP contribution < -0.4 is 10.1 Å². The van der Waals surface area contributed by atoms with E-state index in [0.717, 1.165) is 19.4 Å². The SMILES string of the molecule is CC1=CC(C)CC(CNc2ccc(OC(F)F)c(F)c2)C1. The molecule has 2 unspecified atom stereocenters. The lowest BCUT2D eigenvalue weighted by Gasteiger charge is -2.26. The zero-order chi connectivity index (χ0) is 15.4. The van der Waals surface area contributed by atoms with Gasteiger partial charge >= 0.3 is 6.61 Å². The van der Waals surface area contributed by atoms with Crippen molar-refractivity contribution in [1.82, 2.24) is 0 Å². The van der Waals surface area contributed by atoms with Crippen molar-refractivity contribution in [2.75, 3.05) is 11.9 Å². The van der Waals surface area contributed by atoms with Crippen LogP contribution in [0.5, 0.6) is 5.75 Å². The van der Waals surface area contributed by atoms with Crippen LogP contribution in [-0.2, 0) is 0 Å². The van der Waals surface area contributed by atoms with E-state index in [4.69, 9.17) is 0 Å². The van der Waals surface area contributed by atoms with Crippen molar-refractivity contribution in [3.05, 3.63) is 35.7 Å². The van der Waals surface area contributed by atoms with Gasteiger partial charge in [-0.2, -0.15) is 8.78 Å². The smallest absolute Gasteiger partial charge is 0.387 e. The lowest BCUT2D eigenvalue weighted by molar-refractivity contribution is -0.0521. The standard InChI is InChI=1S/C16H20F3NO/c1-10-5-11(2)7-12(6-10)9-20-13-3-4-15(14(17)8-13)21-16(18)19/h3-5,8,10,12,16,20H,6-7,9H2,1-2H3. The van der Waals surface area contributed by atoms with E-state index in [1.54, 1.807) is 6.07 Å². The van der Waals surface area contributed by atoms with Gasteiger partial charge in [-0.3, -0.25) is 0 Å². The highest BCUT2D eigenvalue weighted by Gasteiger charge is 2.18. The number of allylic oxidation sites excluding steroid dienone is 2. The first-order valence-corrected chi connectivity index (χ1v) is 7.09.